The zero-order valence-corrected chi connectivity index (χ0v) is 11.0. The first-order chi connectivity index (χ1) is 9.34. The maximum absolute atomic E-state index is 11.9. The molecule has 0 bridgehead atoms. The second kappa shape index (κ2) is 5.24. The van der Waals surface area contributed by atoms with Crippen molar-refractivity contribution in [2.75, 3.05) is 6.61 Å². The fourth-order valence-electron chi connectivity index (χ4n) is 1.97. The van der Waals surface area contributed by atoms with E-state index < -0.39 is 0 Å². The molecule has 3 heteroatoms. The maximum Gasteiger partial charge on any atom is 0.210 e. The van der Waals surface area contributed by atoms with Crippen LogP contribution in [0.4, 0.5) is 0 Å². The van der Waals surface area contributed by atoms with E-state index in [2.05, 4.69) is 0 Å². The average Bonchev–Trinajstić information content (AvgIpc) is 2.99. The van der Waals surface area contributed by atoms with Gasteiger partial charge in [-0.15, -0.1) is 11.3 Å². The number of carbonyl (C=O) groups is 1. The minimum Gasteiger partial charge on any atom is -0.485 e. The zero-order chi connectivity index (χ0) is 13.1. The molecule has 0 saturated heterocycles. The van der Waals surface area contributed by atoms with Crippen molar-refractivity contribution >= 4 is 27.9 Å². The number of hydrogen-bond acceptors (Lipinski definition) is 3. The quantitative estimate of drug-likeness (QED) is 0.664. The Bertz CT molecular complexity index is 696. The van der Waals surface area contributed by atoms with Crippen molar-refractivity contribution < 1.29 is 9.53 Å². The van der Waals surface area contributed by atoms with E-state index in [-0.39, 0.29) is 12.4 Å². The molecule has 0 N–H and O–H groups in total. The van der Waals surface area contributed by atoms with Gasteiger partial charge in [0.2, 0.25) is 5.78 Å². The molecule has 0 unspecified atom stereocenters. The van der Waals surface area contributed by atoms with Crippen LogP contribution in [0.1, 0.15) is 9.67 Å². The molecule has 2 aromatic carbocycles. The zero-order valence-electron chi connectivity index (χ0n) is 10.2. The van der Waals surface area contributed by atoms with Crippen LogP contribution in [0.25, 0.3) is 10.8 Å². The molecule has 3 rings (SSSR count). The summed E-state index contributed by atoms with van der Waals surface area (Å²) in [6, 6.07) is 17.5. The molecule has 2 nitrogen and oxygen atoms in total. The number of fused-ring (bicyclic) bond motifs is 1. The highest BCUT2D eigenvalue weighted by molar-refractivity contribution is 7.12. The number of ketones is 1. The van der Waals surface area contributed by atoms with E-state index in [4.69, 9.17) is 4.74 Å². The molecule has 0 spiro atoms. The maximum atomic E-state index is 11.9. The lowest BCUT2D eigenvalue weighted by atomic mass is 10.1. The van der Waals surface area contributed by atoms with Crippen LogP contribution < -0.4 is 4.74 Å². The Morgan fingerprint density at radius 3 is 2.68 bits per heavy atom. The average molecular weight is 268 g/mol. The first-order valence-corrected chi connectivity index (χ1v) is 6.90. The number of rotatable bonds is 4. The van der Waals surface area contributed by atoms with Gasteiger partial charge in [0, 0.05) is 5.39 Å². The summed E-state index contributed by atoms with van der Waals surface area (Å²) >= 11 is 1.44. The third kappa shape index (κ3) is 2.51. The summed E-state index contributed by atoms with van der Waals surface area (Å²) in [6.07, 6.45) is 0. The molecule has 0 saturated carbocycles. The van der Waals surface area contributed by atoms with Crippen molar-refractivity contribution in [3.05, 3.63) is 64.9 Å². The van der Waals surface area contributed by atoms with Crippen LogP contribution in [-0.2, 0) is 0 Å². The number of benzene rings is 2. The molecular formula is C16H12O2S. The van der Waals surface area contributed by atoms with Gasteiger partial charge in [0.25, 0.3) is 0 Å². The Labute approximate surface area is 115 Å². The second-order valence-corrected chi connectivity index (χ2v) is 5.11. The van der Waals surface area contributed by atoms with Gasteiger partial charge in [-0.3, -0.25) is 4.79 Å². The highest BCUT2D eigenvalue weighted by Crippen LogP contribution is 2.25. The lowest BCUT2D eigenvalue weighted by Crippen LogP contribution is -2.10. The van der Waals surface area contributed by atoms with Crippen LogP contribution in [0.3, 0.4) is 0 Å². The molecule has 19 heavy (non-hydrogen) atoms. The van der Waals surface area contributed by atoms with Crippen molar-refractivity contribution in [3.63, 3.8) is 0 Å². The topological polar surface area (TPSA) is 26.3 Å². The molecule has 1 heterocycles. The van der Waals surface area contributed by atoms with Gasteiger partial charge in [-0.1, -0.05) is 42.5 Å². The van der Waals surface area contributed by atoms with Crippen LogP contribution in [0.2, 0.25) is 0 Å². The second-order valence-electron chi connectivity index (χ2n) is 4.17. The number of ether oxygens (including phenoxy) is 1. The van der Waals surface area contributed by atoms with Crippen LogP contribution in [0, 0.1) is 0 Å². The summed E-state index contributed by atoms with van der Waals surface area (Å²) < 4.78 is 5.66. The van der Waals surface area contributed by atoms with E-state index in [1.807, 2.05) is 60.0 Å². The van der Waals surface area contributed by atoms with Gasteiger partial charge in [0.05, 0.1) is 4.88 Å². The van der Waals surface area contributed by atoms with Gasteiger partial charge in [-0.25, -0.2) is 0 Å². The largest absolute Gasteiger partial charge is 0.485 e. The summed E-state index contributed by atoms with van der Waals surface area (Å²) in [5.41, 5.74) is 0. The van der Waals surface area contributed by atoms with Crippen molar-refractivity contribution in [1.82, 2.24) is 0 Å². The van der Waals surface area contributed by atoms with Gasteiger partial charge >= 0.3 is 0 Å². The van der Waals surface area contributed by atoms with Gasteiger partial charge in [0.1, 0.15) is 5.75 Å². The SMILES string of the molecule is O=C(COc1cccc2ccccc12)c1cccs1. The summed E-state index contributed by atoms with van der Waals surface area (Å²) in [4.78, 5) is 12.6. The first kappa shape index (κ1) is 11.9. The van der Waals surface area contributed by atoms with E-state index >= 15 is 0 Å². The molecule has 0 radical (unpaired) electrons. The molecule has 94 valence electrons. The van der Waals surface area contributed by atoms with Crippen LogP contribution >= 0.6 is 11.3 Å². The Morgan fingerprint density at radius 2 is 1.84 bits per heavy atom. The molecule has 1 aromatic heterocycles. The molecule has 0 aliphatic carbocycles. The van der Waals surface area contributed by atoms with Crippen molar-refractivity contribution in [1.29, 1.82) is 0 Å². The summed E-state index contributed by atoms with van der Waals surface area (Å²) in [6.45, 7) is 0.0779. The number of Topliss-reactive ketones (excluding diaryl/α,β-unsaturated/α-hetero) is 1. The summed E-state index contributed by atoms with van der Waals surface area (Å²) in [5, 5.41) is 4.04. The van der Waals surface area contributed by atoms with Gasteiger partial charge in [0.15, 0.2) is 6.61 Å². The van der Waals surface area contributed by atoms with Crippen molar-refractivity contribution in [2.24, 2.45) is 0 Å². The highest BCUT2D eigenvalue weighted by Gasteiger charge is 2.08. The molecule has 3 aromatic rings. The molecule has 0 atom stereocenters. The van der Waals surface area contributed by atoms with E-state index in [9.17, 15) is 4.79 Å². The lowest BCUT2D eigenvalue weighted by Gasteiger charge is -2.08. The van der Waals surface area contributed by atoms with E-state index in [1.165, 1.54) is 11.3 Å². The predicted octanol–water partition coefficient (Wildman–Crippen LogP) is 4.16. The van der Waals surface area contributed by atoms with Gasteiger partial charge in [-0.05, 0) is 22.9 Å². The Morgan fingerprint density at radius 1 is 1.00 bits per heavy atom. The fourth-order valence-corrected chi connectivity index (χ4v) is 2.62. The van der Waals surface area contributed by atoms with E-state index in [0.29, 0.717) is 0 Å². The van der Waals surface area contributed by atoms with Crippen LogP contribution in [0.5, 0.6) is 5.75 Å². The van der Waals surface area contributed by atoms with Gasteiger partial charge < -0.3 is 4.74 Å². The van der Waals surface area contributed by atoms with Crippen LogP contribution in [0.15, 0.2) is 60.0 Å². The monoisotopic (exact) mass is 268 g/mol. The molecular weight excluding hydrogens is 256 g/mol. The van der Waals surface area contributed by atoms with Crippen LogP contribution in [-0.4, -0.2) is 12.4 Å². The molecule has 0 fully saturated rings. The summed E-state index contributed by atoms with van der Waals surface area (Å²) in [5.74, 6) is 0.769. The van der Waals surface area contributed by atoms with E-state index in [0.717, 1.165) is 21.4 Å². The minimum atomic E-state index is 0.0166. The van der Waals surface area contributed by atoms with Gasteiger partial charge in [-0.2, -0.15) is 0 Å². The Kier molecular flexibility index (Phi) is 3.29. The number of thiophene rings is 1. The smallest absolute Gasteiger partial charge is 0.210 e. The number of carbonyl (C=O) groups excluding carboxylic acids is 1. The Balaban J connectivity index is 1.81. The summed E-state index contributed by atoms with van der Waals surface area (Å²) in [7, 11) is 0. The third-order valence-electron chi connectivity index (χ3n) is 2.90. The molecule has 0 aliphatic heterocycles. The minimum absolute atomic E-state index is 0.0166. The third-order valence-corrected chi connectivity index (χ3v) is 3.82. The fraction of sp³-hybridized carbons (Fsp3) is 0.0625. The first-order valence-electron chi connectivity index (χ1n) is 6.02. The Hall–Kier alpha value is -2.13. The molecule has 0 aliphatic rings. The van der Waals surface area contributed by atoms with Crippen molar-refractivity contribution in [3.8, 4) is 5.75 Å². The predicted molar refractivity (Wildman–Crippen MR) is 78.1 cm³/mol. The van der Waals surface area contributed by atoms with E-state index in [1.54, 1.807) is 0 Å². The standard InChI is InChI=1S/C16H12O2S/c17-14(16-9-4-10-19-16)11-18-15-8-3-6-12-5-1-2-7-13(12)15/h1-10H,11H2. The normalized spacial score (nSPS) is 10.5. The van der Waals surface area contributed by atoms with Crippen molar-refractivity contribution in [2.45, 2.75) is 0 Å². The highest BCUT2D eigenvalue weighted by atomic mass is 32.1. The number of hydrogen-bond donors (Lipinski definition) is 0. The molecule has 0 amide bonds. The lowest BCUT2D eigenvalue weighted by molar-refractivity contribution is 0.0927.